The van der Waals surface area contributed by atoms with E-state index in [0.717, 1.165) is 22.8 Å². The molecular formula is C18H16O. The average molecular weight is 248 g/mol. The number of aryl methyl sites for hydroxylation is 1. The van der Waals surface area contributed by atoms with E-state index in [1.807, 2.05) is 42.5 Å². The van der Waals surface area contributed by atoms with Gasteiger partial charge in [-0.2, -0.15) is 0 Å². The molecule has 0 radical (unpaired) electrons. The van der Waals surface area contributed by atoms with Crippen LogP contribution in [-0.2, 0) is 6.42 Å². The molecule has 0 aliphatic rings. The van der Waals surface area contributed by atoms with Crippen molar-refractivity contribution in [3.05, 3.63) is 77.4 Å². The van der Waals surface area contributed by atoms with E-state index in [0.29, 0.717) is 5.75 Å². The second-order valence-electron chi connectivity index (χ2n) is 4.90. The number of rotatable bonds is 2. The first-order valence-electron chi connectivity index (χ1n) is 6.50. The van der Waals surface area contributed by atoms with Gasteiger partial charge in [0.15, 0.2) is 0 Å². The predicted octanol–water partition coefficient (Wildman–Crippen LogP) is 4.44. The van der Waals surface area contributed by atoms with Crippen molar-refractivity contribution in [2.24, 2.45) is 0 Å². The molecule has 0 aliphatic heterocycles. The molecule has 3 aromatic carbocycles. The largest absolute Gasteiger partial charge is 0.507 e. The Balaban J connectivity index is 2.07. The average Bonchev–Trinajstić information content (AvgIpc) is 2.44. The molecule has 1 heteroatoms. The van der Waals surface area contributed by atoms with Gasteiger partial charge in [0, 0.05) is 11.8 Å². The van der Waals surface area contributed by atoms with E-state index in [4.69, 9.17) is 0 Å². The Morgan fingerprint density at radius 1 is 0.789 bits per heavy atom. The Hall–Kier alpha value is -2.28. The maximum atomic E-state index is 10.4. The van der Waals surface area contributed by atoms with Gasteiger partial charge in [-0.15, -0.1) is 0 Å². The SMILES string of the molecule is Cc1ccccc1Cc1ccc2ccccc2c1O. The van der Waals surface area contributed by atoms with Crippen LogP contribution in [0.2, 0.25) is 0 Å². The van der Waals surface area contributed by atoms with Crippen LogP contribution in [0.5, 0.6) is 5.75 Å². The second-order valence-corrected chi connectivity index (χ2v) is 4.90. The highest BCUT2D eigenvalue weighted by molar-refractivity contribution is 5.89. The molecular weight excluding hydrogens is 232 g/mol. The van der Waals surface area contributed by atoms with Crippen LogP contribution in [0.4, 0.5) is 0 Å². The number of hydrogen-bond acceptors (Lipinski definition) is 1. The smallest absolute Gasteiger partial charge is 0.126 e. The standard InChI is InChI=1S/C18H16O/c1-13-6-2-3-8-15(13)12-16-11-10-14-7-4-5-9-17(14)18(16)19/h2-11,19H,12H2,1H3. The fraction of sp³-hybridized carbons (Fsp3) is 0.111. The zero-order valence-corrected chi connectivity index (χ0v) is 10.9. The molecule has 0 saturated heterocycles. The first-order valence-corrected chi connectivity index (χ1v) is 6.50. The highest BCUT2D eigenvalue weighted by Gasteiger charge is 2.07. The van der Waals surface area contributed by atoms with Crippen molar-refractivity contribution in [1.82, 2.24) is 0 Å². The highest BCUT2D eigenvalue weighted by atomic mass is 16.3. The van der Waals surface area contributed by atoms with Crippen LogP contribution in [0.25, 0.3) is 10.8 Å². The fourth-order valence-corrected chi connectivity index (χ4v) is 2.46. The number of phenols is 1. The van der Waals surface area contributed by atoms with E-state index in [9.17, 15) is 5.11 Å². The van der Waals surface area contributed by atoms with Crippen LogP contribution in [0.15, 0.2) is 60.7 Å². The van der Waals surface area contributed by atoms with Crippen molar-refractivity contribution in [2.75, 3.05) is 0 Å². The molecule has 3 rings (SSSR count). The summed E-state index contributed by atoms with van der Waals surface area (Å²) >= 11 is 0. The van der Waals surface area contributed by atoms with Crippen LogP contribution in [0.1, 0.15) is 16.7 Å². The third kappa shape index (κ3) is 2.19. The normalized spacial score (nSPS) is 10.8. The van der Waals surface area contributed by atoms with Crippen LogP contribution >= 0.6 is 0 Å². The van der Waals surface area contributed by atoms with Crippen molar-refractivity contribution in [3.63, 3.8) is 0 Å². The van der Waals surface area contributed by atoms with Gasteiger partial charge in [-0.05, 0) is 29.0 Å². The Morgan fingerprint density at radius 2 is 1.53 bits per heavy atom. The monoisotopic (exact) mass is 248 g/mol. The summed E-state index contributed by atoms with van der Waals surface area (Å²) in [7, 11) is 0. The number of phenolic OH excluding ortho intramolecular Hbond substituents is 1. The molecule has 1 N–H and O–H groups in total. The molecule has 0 heterocycles. The van der Waals surface area contributed by atoms with E-state index >= 15 is 0 Å². The van der Waals surface area contributed by atoms with Gasteiger partial charge in [-0.1, -0.05) is 60.7 Å². The summed E-state index contributed by atoms with van der Waals surface area (Å²) in [5.74, 6) is 0.404. The molecule has 0 atom stereocenters. The Labute approximate surface area is 113 Å². The first-order chi connectivity index (χ1) is 9.25. The van der Waals surface area contributed by atoms with Gasteiger partial charge in [-0.3, -0.25) is 0 Å². The zero-order valence-electron chi connectivity index (χ0n) is 10.9. The Morgan fingerprint density at radius 3 is 2.37 bits per heavy atom. The van der Waals surface area contributed by atoms with Gasteiger partial charge in [-0.25, -0.2) is 0 Å². The molecule has 0 amide bonds. The molecule has 0 fully saturated rings. The summed E-state index contributed by atoms with van der Waals surface area (Å²) in [5.41, 5.74) is 3.50. The Bertz CT molecular complexity index is 729. The number of fused-ring (bicyclic) bond motifs is 1. The topological polar surface area (TPSA) is 20.2 Å². The number of aromatic hydroxyl groups is 1. The van der Waals surface area contributed by atoms with E-state index in [2.05, 4.69) is 25.1 Å². The van der Waals surface area contributed by atoms with Gasteiger partial charge in [0.25, 0.3) is 0 Å². The molecule has 0 bridgehead atoms. The van der Waals surface area contributed by atoms with Gasteiger partial charge in [0.1, 0.15) is 5.75 Å². The lowest BCUT2D eigenvalue weighted by Gasteiger charge is -2.10. The van der Waals surface area contributed by atoms with Crippen LogP contribution in [-0.4, -0.2) is 5.11 Å². The predicted molar refractivity (Wildman–Crippen MR) is 79.6 cm³/mol. The third-order valence-electron chi connectivity index (χ3n) is 3.63. The molecule has 0 unspecified atom stereocenters. The number of hydrogen-bond donors (Lipinski definition) is 1. The zero-order chi connectivity index (χ0) is 13.2. The highest BCUT2D eigenvalue weighted by Crippen LogP contribution is 2.30. The van der Waals surface area contributed by atoms with E-state index in [-0.39, 0.29) is 0 Å². The van der Waals surface area contributed by atoms with Crippen molar-refractivity contribution >= 4 is 10.8 Å². The van der Waals surface area contributed by atoms with Crippen LogP contribution < -0.4 is 0 Å². The minimum Gasteiger partial charge on any atom is -0.507 e. The fourth-order valence-electron chi connectivity index (χ4n) is 2.46. The third-order valence-corrected chi connectivity index (χ3v) is 3.63. The molecule has 0 saturated carbocycles. The summed E-state index contributed by atoms with van der Waals surface area (Å²) in [6.45, 7) is 2.10. The molecule has 0 aromatic heterocycles. The van der Waals surface area contributed by atoms with Crippen molar-refractivity contribution in [1.29, 1.82) is 0 Å². The van der Waals surface area contributed by atoms with Gasteiger partial charge >= 0.3 is 0 Å². The van der Waals surface area contributed by atoms with Crippen molar-refractivity contribution in [3.8, 4) is 5.75 Å². The minimum atomic E-state index is 0.404. The summed E-state index contributed by atoms with van der Waals surface area (Å²) in [6.07, 6.45) is 0.767. The van der Waals surface area contributed by atoms with Gasteiger partial charge < -0.3 is 5.11 Å². The molecule has 0 aliphatic carbocycles. The molecule has 94 valence electrons. The summed E-state index contributed by atoms with van der Waals surface area (Å²) in [5, 5.41) is 12.4. The summed E-state index contributed by atoms with van der Waals surface area (Å²) < 4.78 is 0. The first kappa shape index (κ1) is 11.8. The molecule has 1 nitrogen and oxygen atoms in total. The minimum absolute atomic E-state index is 0.404. The lowest BCUT2D eigenvalue weighted by molar-refractivity contribution is 0.476. The van der Waals surface area contributed by atoms with Gasteiger partial charge in [0.2, 0.25) is 0 Å². The van der Waals surface area contributed by atoms with Crippen LogP contribution in [0, 0.1) is 6.92 Å². The number of benzene rings is 3. The lowest BCUT2D eigenvalue weighted by atomic mass is 9.97. The molecule has 0 spiro atoms. The lowest BCUT2D eigenvalue weighted by Crippen LogP contribution is -1.92. The molecule has 3 aromatic rings. The van der Waals surface area contributed by atoms with Crippen molar-refractivity contribution < 1.29 is 5.11 Å². The van der Waals surface area contributed by atoms with Crippen molar-refractivity contribution in [2.45, 2.75) is 13.3 Å². The second kappa shape index (κ2) is 4.77. The van der Waals surface area contributed by atoms with Crippen LogP contribution in [0.3, 0.4) is 0 Å². The summed E-state index contributed by atoms with van der Waals surface area (Å²) in [4.78, 5) is 0. The Kier molecular flexibility index (Phi) is 2.96. The maximum absolute atomic E-state index is 10.4. The summed E-state index contributed by atoms with van der Waals surface area (Å²) in [6, 6.07) is 20.3. The van der Waals surface area contributed by atoms with E-state index in [1.54, 1.807) is 0 Å². The van der Waals surface area contributed by atoms with E-state index < -0.39 is 0 Å². The quantitative estimate of drug-likeness (QED) is 0.710. The van der Waals surface area contributed by atoms with Gasteiger partial charge in [0.05, 0.1) is 0 Å². The van der Waals surface area contributed by atoms with E-state index in [1.165, 1.54) is 11.1 Å². The molecule has 19 heavy (non-hydrogen) atoms. The maximum Gasteiger partial charge on any atom is 0.126 e.